The van der Waals surface area contributed by atoms with E-state index in [0.717, 1.165) is 44.5 Å². The van der Waals surface area contributed by atoms with E-state index >= 15 is 0 Å². The van der Waals surface area contributed by atoms with Gasteiger partial charge in [0.2, 0.25) is 11.8 Å². The van der Waals surface area contributed by atoms with Crippen LogP contribution in [0.3, 0.4) is 0 Å². The maximum Gasteiger partial charge on any atom is 0.234 e. The molecule has 2 heterocycles. The molecule has 1 saturated heterocycles. The number of furan rings is 1. The van der Waals surface area contributed by atoms with Gasteiger partial charge in [-0.1, -0.05) is 19.3 Å². The van der Waals surface area contributed by atoms with Crippen LogP contribution >= 0.6 is 0 Å². The van der Waals surface area contributed by atoms with Crippen molar-refractivity contribution in [2.75, 3.05) is 19.6 Å². The van der Waals surface area contributed by atoms with Crippen LogP contribution in [0.25, 0.3) is 0 Å². The molecule has 1 saturated carbocycles. The SMILES string of the molecule is O=C(CN1CCC(C(=O)NCc2ccco2)CC1)NC1CCCCC1. The summed E-state index contributed by atoms with van der Waals surface area (Å²) in [6, 6.07) is 4.04. The molecule has 6 nitrogen and oxygen atoms in total. The standard InChI is InChI=1S/C19H29N3O3/c23-18(21-16-5-2-1-3-6-16)14-22-10-8-15(9-11-22)19(24)20-13-17-7-4-12-25-17/h4,7,12,15-16H,1-3,5-6,8-11,13-14H2,(H,20,24)(H,21,23). The molecule has 1 aliphatic heterocycles. The second kappa shape index (κ2) is 9.04. The number of nitrogens with zero attached hydrogens (tertiary/aromatic N) is 1. The zero-order valence-corrected chi connectivity index (χ0v) is 14.8. The lowest BCUT2D eigenvalue weighted by Gasteiger charge is -2.31. The van der Waals surface area contributed by atoms with E-state index in [1.54, 1.807) is 6.26 Å². The summed E-state index contributed by atoms with van der Waals surface area (Å²) in [5.74, 6) is 1.02. The van der Waals surface area contributed by atoms with E-state index in [0.29, 0.717) is 19.1 Å². The van der Waals surface area contributed by atoms with Crippen LogP contribution < -0.4 is 10.6 Å². The van der Waals surface area contributed by atoms with Crippen LogP contribution in [0.15, 0.2) is 22.8 Å². The van der Waals surface area contributed by atoms with E-state index in [1.807, 2.05) is 12.1 Å². The van der Waals surface area contributed by atoms with Crippen molar-refractivity contribution in [1.29, 1.82) is 0 Å². The van der Waals surface area contributed by atoms with Gasteiger partial charge in [-0.05, 0) is 50.9 Å². The van der Waals surface area contributed by atoms with Crippen molar-refractivity contribution in [1.82, 2.24) is 15.5 Å². The Morgan fingerprint density at radius 1 is 1.12 bits per heavy atom. The second-order valence-electron chi connectivity index (χ2n) is 7.25. The number of hydrogen-bond donors (Lipinski definition) is 2. The number of rotatable bonds is 6. The largest absolute Gasteiger partial charge is 0.467 e. The molecule has 138 valence electrons. The summed E-state index contributed by atoms with van der Waals surface area (Å²) in [5, 5.41) is 6.10. The third-order valence-corrected chi connectivity index (χ3v) is 5.31. The van der Waals surface area contributed by atoms with Crippen molar-refractivity contribution in [2.45, 2.75) is 57.5 Å². The number of hydrogen-bond acceptors (Lipinski definition) is 4. The number of likely N-dealkylation sites (tertiary alicyclic amines) is 1. The summed E-state index contributed by atoms with van der Waals surface area (Å²) in [6.07, 6.45) is 9.20. The molecule has 1 aliphatic carbocycles. The predicted molar refractivity (Wildman–Crippen MR) is 94.7 cm³/mol. The lowest BCUT2D eigenvalue weighted by Crippen LogP contribution is -2.46. The maximum atomic E-state index is 12.2. The summed E-state index contributed by atoms with van der Waals surface area (Å²) in [4.78, 5) is 26.6. The normalized spacial score (nSPS) is 20.3. The van der Waals surface area contributed by atoms with Crippen molar-refractivity contribution in [2.24, 2.45) is 5.92 Å². The zero-order valence-electron chi connectivity index (χ0n) is 14.8. The zero-order chi connectivity index (χ0) is 17.5. The van der Waals surface area contributed by atoms with Gasteiger partial charge in [-0.15, -0.1) is 0 Å². The molecule has 2 fully saturated rings. The molecular weight excluding hydrogens is 318 g/mol. The highest BCUT2D eigenvalue weighted by Crippen LogP contribution is 2.19. The number of carbonyl (C=O) groups excluding carboxylic acids is 2. The van der Waals surface area contributed by atoms with E-state index < -0.39 is 0 Å². The van der Waals surface area contributed by atoms with Gasteiger partial charge in [-0.3, -0.25) is 14.5 Å². The molecule has 2 N–H and O–H groups in total. The first kappa shape index (κ1) is 18.0. The van der Waals surface area contributed by atoms with Crippen LogP contribution in [-0.2, 0) is 16.1 Å². The molecule has 2 aliphatic rings. The van der Waals surface area contributed by atoms with E-state index in [2.05, 4.69) is 15.5 Å². The van der Waals surface area contributed by atoms with E-state index in [1.165, 1.54) is 19.3 Å². The van der Waals surface area contributed by atoms with Gasteiger partial charge in [0.15, 0.2) is 0 Å². The average molecular weight is 347 g/mol. The minimum absolute atomic E-state index is 0.0348. The molecule has 3 rings (SSSR count). The summed E-state index contributed by atoms with van der Waals surface area (Å²) in [6.45, 7) is 2.50. The van der Waals surface area contributed by atoms with E-state index in [4.69, 9.17) is 4.42 Å². The van der Waals surface area contributed by atoms with Crippen molar-refractivity contribution >= 4 is 11.8 Å². The van der Waals surface area contributed by atoms with Gasteiger partial charge < -0.3 is 15.1 Å². The first-order valence-corrected chi connectivity index (χ1v) is 9.52. The van der Waals surface area contributed by atoms with Crippen LogP contribution in [-0.4, -0.2) is 42.4 Å². The van der Waals surface area contributed by atoms with Gasteiger partial charge in [0.05, 0.1) is 19.4 Å². The molecule has 0 unspecified atom stereocenters. The van der Waals surface area contributed by atoms with Crippen LogP contribution in [0.1, 0.15) is 50.7 Å². The summed E-state index contributed by atoms with van der Waals surface area (Å²) < 4.78 is 5.23. The smallest absolute Gasteiger partial charge is 0.234 e. The van der Waals surface area contributed by atoms with Gasteiger partial charge >= 0.3 is 0 Å². The van der Waals surface area contributed by atoms with Crippen LogP contribution in [0, 0.1) is 5.92 Å². The lowest BCUT2D eigenvalue weighted by molar-refractivity contribution is -0.127. The Kier molecular flexibility index (Phi) is 6.50. The number of piperidine rings is 1. The first-order valence-electron chi connectivity index (χ1n) is 9.52. The third-order valence-electron chi connectivity index (χ3n) is 5.31. The Balaban J connectivity index is 1.33. The molecular formula is C19H29N3O3. The highest BCUT2D eigenvalue weighted by atomic mass is 16.3. The molecule has 2 amide bonds. The minimum atomic E-state index is 0.0348. The van der Waals surface area contributed by atoms with Crippen molar-refractivity contribution in [3.8, 4) is 0 Å². The Morgan fingerprint density at radius 3 is 2.56 bits per heavy atom. The van der Waals surface area contributed by atoms with E-state index in [9.17, 15) is 9.59 Å². The fraction of sp³-hybridized carbons (Fsp3) is 0.684. The van der Waals surface area contributed by atoms with Gasteiger partial charge in [-0.25, -0.2) is 0 Å². The summed E-state index contributed by atoms with van der Waals surface area (Å²) in [7, 11) is 0. The molecule has 0 atom stereocenters. The Hall–Kier alpha value is -1.82. The fourth-order valence-corrected chi connectivity index (χ4v) is 3.81. The Labute approximate surface area is 149 Å². The quantitative estimate of drug-likeness (QED) is 0.826. The fourth-order valence-electron chi connectivity index (χ4n) is 3.81. The maximum absolute atomic E-state index is 12.2. The van der Waals surface area contributed by atoms with Gasteiger partial charge in [0.1, 0.15) is 5.76 Å². The van der Waals surface area contributed by atoms with Crippen molar-refractivity contribution < 1.29 is 14.0 Å². The van der Waals surface area contributed by atoms with Crippen LogP contribution in [0.2, 0.25) is 0 Å². The van der Waals surface area contributed by atoms with E-state index in [-0.39, 0.29) is 17.7 Å². The lowest BCUT2D eigenvalue weighted by atomic mass is 9.95. The van der Waals surface area contributed by atoms with Crippen LogP contribution in [0.4, 0.5) is 0 Å². The number of amides is 2. The molecule has 0 spiro atoms. The van der Waals surface area contributed by atoms with Gasteiger partial charge in [-0.2, -0.15) is 0 Å². The molecule has 0 radical (unpaired) electrons. The Morgan fingerprint density at radius 2 is 1.88 bits per heavy atom. The van der Waals surface area contributed by atoms with Crippen LogP contribution in [0.5, 0.6) is 0 Å². The average Bonchev–Trinajstić information content (AvgIpc) is 3.14. The minimum Gasteiger partial charge on any atom is -0.467 e. The molecule has 0 aromatic carbocycles. The van der Waals surface area contributed by atoms with Crippen molar-refractivity contribution in [3.63, 3.8) is 0 Å². The Bertz CT molecular complexity index is 544. The molecule has 1 aromatic heterocycles. The molecule has 6 heteroatoms. The third kappa shape index (κ3) is 5.59. The van der Waals surface area contributed by atoms with Gasteiger partial charge in [0, 0.05) is 12.0 Å². The first-order chi connectivity index (χ1) is 12.2. The predicted octanol–water partition coefficient (Wildman–Crippen LogP) is 2.06. The second-order valence-corrected chi connectivity index (χ2v) is 7.25. The highest BCUT2D eigenvalue weighted by Gasteiger charge is 2.26. The number of carbonyl (C=O) groups is 2. The van der Waals surface area contributed by atoms with Gasteiger partial charge in [0.25, 0.3) is 0 Å². The van der Waals surface area contributed by atoms with Crippen molar-refractivity contribution in [3.05, 3.63) is 24.2 Å². The molecule has 0 bridgehead atoms. The molecule has 25 heavy (non-hydrogen) atoms. The summed E-state index contributed by atoms with van der Waals surface area (Å²) >= 11 is 0. The summed E-state index contributed by atoms with van der Waals surface area (Å²) in [5.41, 5.74) is 0. The monoisotopic (exact) mass is 347 g/mol. The molecule has 1 aromatic rings. The topological polar surface area (TPSA) is 74.6 Å². The highest BCUT2D eigenvalue weighted by molar-refractivity contribution is 5.79. The number of nitrogens with one attached hydrogen (secondary N) is 2.